The SMILES string of the molecule is CC(C)(C)OC(=O)N1CC2CC2C1.CNC(=O)/C=C/c1ccc(N)nc1. The number of piperidine rings is 1. The number of ether oxygens (including phenoxy) is 1. The highest BCUT2D eigenvalue weighted by Crippen LogP contribution is 2.45. The largest absolute Gasteiger partial charge is 0.444 e. The molecule has 2 amide bonds. The van der Waals surface area contributed by atoms with E-state index in [4.69, 9.17) is 10.5 Å². The smallest absolute Gasteiger partial charge is 0.410 e. The summed E-state index contributed by atoms with van der Waals surface area (Å²) in [4.78, 5) is 28.1. The number of nitrogen functional groups attached to an aromatic ring is 1. The molecule has 26 heavy (non-hydrogen) atoms. The molecule has 1 aliphatic carbocycles. The molecule has 0 spiro atoms. The number of anilines is 1. The van der Waals surface area contributed by atoms with Gasteiger partial charge in [-0.05, 0) is 62.8 Å². The molecule has 2 unspecified atom stereocenters. The summed E-state index contributed by atoms with van der Waals surface area (Å²) < 4.78 is 5.28. The molecule has 2 heterocycles. The minimum atomic E-state index is -0.357. The number of likely N-dealkylation sites (tertiary alicyclic amines) is 1. The van der Waals surface area contributed by atoms with Gasteiger partial charge in [0, 0.05) is 32.4 Å². The third-order valence-corrected chi connectivity index (χ3v) is 4.11. The highest BCUT2D eigenvalue weighted by molar-refractivity contribution is 5.91. The fraction of sp³-hybridized carbons (Fsp3) is 0.526. The van der Waals surface area contributed by atoms with Gasteiger partial charge in [-0.15, -0.1) is 0 Å². The molecule has 0 bridgehead atoms. The number of pyridine rings is 1. The Morgan fingerprint density at radius 1 is 1.31 bits per heavy atom. The average Bonchev–Trinajstić information content (AvgIpc) is 3.18. The lowest BCUT2D eigenvalue weighted by atomic mass is 10.2. The average molecular weight is 360 g/mol. The van der Waals surface area contributed by atoms with Crippen molar-refractivity contribution in [2.75, 3.05) is 25.9 Å². The number of hydrogen-bond acceptors (Lipinski definition) is 5. The fourth-order valence-electron chi connectivity index (χ4n) is 2.64. The summed E-state index contributed by atoms with van der Waals surface area (Å²) in [5, 5.41) is 2.48. The van der Waals surface area contributed by atoms with Crippen LogP contribution >= 0.6 is 0 Å². The lowest BCUT2D eigenvalue weighted by molar-refractivity contribution is -0.115. The van der Waals surface area contributed by atoms with Crippen LogP contribution in [0, 0.1) is 11.8 Å². The second kappa shape index (κ2) is 8.21. The molecular formula is C19H28N4O3. The number of carbonyl (C=O) groups excluding carboxylic acids is 2. The normalized spacial score (nSPS) is 20.8. The summed E-state index contributed by atoms with van der Waals surface area (Å²) in [7, 11) is 1.58. The van der Waals surface area contributed by atoms with E-state index in [1.54, 1.807) is 31.5 Å². The van der Waals surface area contributed by atoms with Gasteiger partial charge in [-0.2, -0.15) is 0 Å². The molecule has 2 atom stereocenters. The lowest BCUT2D eigenvalue weighted by Crippen LogP contribution is -2.36. The van der Waals surface area contributed by atoms with Gasteiger partial charge >= 0.3 is 6.09 Å². The highest BCUT2D eigenvalue weighted by atomic mass is 16.6. The van der Waals surface area contributed by atoms with Gasteiger partial charge in [0.25, 0.3) is 0 Å². The van der Waals surface area contributed by atoms with E-state index < -0.39 is 0 Å². The number of fused-ring (bicyclic) bond motifs is 1. The number of carbonyl (C=O) groups is 2. The van der Waals surface area contributed by atoms with Gasteiger partial charge in [-0.25, -0.2) is 9.78 Å². The Kier molecular flexibility index (Phi) is 6.23. The van der Waals surface area contributed by atoms with Crippen LogP contribution in [0.4, 0.5) is 10.6 Å². The Morgan fingerprint density at radius 3 is 2.46 bits per heavy atom. The van der Waals surface area contributed by atoms with Crippen LogP contribution < -0.4 is 11.1 Å². The van der Waals surface area contributed by atoms with Gasteiger partial charge in [-0.1, -0.05) is 0 Å². The number of hydrogen-bond donors (Lipinski definition) is 2. The number of rotatable bonds is 2. The minimum Gasteiger partial charge on any atom is -0.444 e. The molecule has 7 heteroatoms. The van der Waals surface area contributed by atoms with Crippen molar-refractivity contribution in [3.8, 4) is 0 Å². The van der Waals surface area contributed by atoms with Crippen LogP contribution in [0.15, 0.2) is 24.4 Å². The van der Waals surface area contributed by atoms with Crippen molar-refractivity contribution in [2.45, 2.75) is 32.8 Å². The monoisotopic (exact) mass is 360 g/mol. The minimum absolute atomic E-state index is 0.139. The molecule has 1 aromatic rings. The first-order valence-electron chi connectivity index (χ1n) is 8.77. The molecular weight excluding hydrogens is 332 g/mol. The maximum atomic E-state index is 11.5. The molecule has 3 rings (SSSR count). The molecule has 142 valence electrons. The molecule has 2 fully saturated rings. The Labute approximate surface area is 154 Å². The molecule has 3 N–H and O–H groups in total. The van der Waals surface area contributed by atoms with Crippen molar-refractivity contribution < 1.29 is 14.3 Å². The molecule has 0 aromatic carbocycles. The van der Waals surface area contributed by atoms with Crippen molar-refractivity contribution in [2.24, 2.45) is 11.8 Å². The van der Waals surface area contributed by atoms with E-state index in [-0.39, 0.29) is 17.6 Å². The molecule has 1 saturated heterocycles. The Morgan fingerprint density at radius 2 is 1.96 bits per heavy atom. The maximum Gasteiger partial charge on any atom is 0.410 e. The number of aromatic nitrogens is 1. The summed E-state index contributed by atoms with van der Waals surface area (Å²) in [5.41, 5.74) is 5.88. The van der Waals surface area contributed by atoms with Crippen molar-refractivity contribution in [1.82, 2.24) is 15.2 Å². The number of nitrogens with one attached hydrogen (secondary N) is 1. The van der Waals surface area contributed by atoms with Crippen LogP contribution in [0.5, 0.6) is 0 Å². The van der Waals surface area contributed by atoms with Crippen LogP contribution in [0.2, 0.25) is 0 Å². The first kappa shape index (κ1) is 19.8. The Hall–Kier alpha value is -2.57. The van der Waals surface area contributed by atoms with Crippen molar-refractivity contribution in [3.05, 3.63) is 30.0 Å². The van der Waals surface area contributed by atoms with Gasteiger partial charge < -0.3 is 20.7 Å². The molecule has 1 aliphatic heterocycles. The van der Waals surface area contributed by atoms with Crippen LogP contribution in [0.25, 0.3) is 6.08 Å². The second-order valence-corrected chi connectivity index (χ2v) is 7.61. The predicted octanol–water partition coefficient (Wildman–Crippen LogP) is 2.30. The standard InChI is InChI=1S/C10H17NO2.C9H11N3O/c1-10(2,3)13-9(12)11-5-7-4-8(7)6-11;1-11-9(13)5-3-7-2-4-8(10)12-6-7/h7-8H,4-6H2,1-3H3;2-6H,1H3,(H2,10,12)(H,11,13)/b;5-3+. The lowest BCUT2D eigenvalue weighted by Gasteiger charge is -2.25. The Balaban J connectivity index is 0.000000187. The Bertz CT molecular complexity index is 654. The third kappa shape index (κ3) is 6.38. The fourth-order valence-corrected chi connectivity index (χ4v) is 2.64. The van der Waals surface area contributed by atoms with Gasteiger partial charge in [0.1, 0.15) is 11.4 Å². The number of nitrogens with zero attached hydrogens (tertiary/aromatic N) is 2. The first-order chi connectivity index (χ1) is 12.2. The van der Waals surface area contributed by atoms with Crippen molar-refractivity contribution >= 4 is 23.9 Å². The second-order valence-electron chi connectivity index (χ2n) is 7.61. The van der Waals surface area contributed by atoms with Crippen LogP contribution in [-0.2, 0) is 9.53 Å². The van der Waals surface area contributed by atoms with Crippen LogP contribution in [0.3, 0.4) is 0 Å². The number of likely N-dealkylation sites (N-methyl/N-ethyl adjacent to an activating group) is 1. The van der Waals surface area contributed by atoms with E-state index in [2.05, 4.69) is 10.3 Å². The van der Waals surface area contributed by atoms with Gasteiger partial charge in [-0.3, -0.25) is 4.79 Å². The summed E-state index contributed by atoms with van der Waals surface area (Å²) in [6.07, 6.45) is 5.90. The quantitative estimate of drug-likeness (QED) is 0.789. The summed E-state index contributed by atoms with van der Waals surface area (Å²) in [6.45, 7) is 7.55. The zero-order chi connectivity index (χ0) is 19.3. The van der Waals surface area contributed by atoms with Gasteiger partial charge in [0.2, 0.25) is 5.91 Å². The van der Waals surface area contributed by atoms with E-state index in [0.717, 1.165) is 30.5 Å². The van der Waals surface area contributed by atoms with Crippen molar-refractivity contribution in [3.63, 3.8) is 0 Å². The summed E-state index contributed by atoms with van der Waals surface area (Å²) in [6, 6.07) is 3.48. The molecule has 7 nitrogen and oxygen atoms in total. The van der Waals surface area contributed by atoms with Gasteiger partial charge in [0.15, 0.2) is 0 Å². The van der Waals surface area contributed by atoms with E-state index in [1.807, 2.05) is 25.7 Å². The first-order valence-corrected chi connectivity index (χ1v) is 8.77. The van der Waals surface area contributed by atoms with Crippen LogP contribution in [0.1, 0.15) is 32.8 Å². The van der Waals surface area contributed by atoms with Gasteiger partial charge in [0.05, 0.1) is 0 Å². The molecule has 1 saturated carbocycles. The number of amides is 2. The topological polar surface area (TPSA) is 97.5 Å². The molecule has 0 radical (unpaired) electrons. The third-order valence-electron chi connectivity index (χ3n) is 4.11. The van der Waals surface area contributed by atoms with E-state index in [0.29, 0.717) is 5.82 Å². The van der Waals surface area contributed by atoms with E-state index in [1.165, 1.54) is 12.5 Å². The van der Waals surface area contributed by atoms with Crippen molar-refractivity contribution in [1.29, 1.82) is 0 Å². The summed E-state index contributed by atoms with van der Waals surface area (Å²) >= 11 is 0. The van der Waals surface area contributed by atoms with Crippen LogP contribution in [-0.4, -0.2) is 47.6 Å². The molecule has 1 aromatic heterocycles. The predicted molar refractivity (Wildman–Crippen MR) is 101 cm³/mol. The maximum absolute atomic E-state index is 11.5. The van der Waals surface area contributed by atoms with E-state index >= 15 is 0 Å². The molecule has 2 aliphatic rings. The zero-order valence-electron chi connectivity index (χ0n) is 15.9. The number of nitrogens with two attached hydrogens (primary N) is 1. The summed E-state index contributed by atoms with van der Waals surface area (Å²) in [5.74, 6) is 1.90. The zero-order valence-corrected chi connectivity index (χ0v) is 15.9. The highest BCUT2D eigenvalue weighted by Gasteiger charge is 2.47. The van der Waals surface area contributed by atoms with E-state index in [9.17, 15) is 9.59 Å².